The third-order valence-corrected chi connectivity index (χ3v) is 3.35. The fourth-order valence-electron chi connectivity index (χ4n) is 2.24. The molecule has 3 aromatic rings. The molecule has 3 rings (SSSR count). The van der Waals surface area contributed by atoms with Gasteiger partial charge in [0.25, 0.3) is 5.91 Å². The molecular formula is C16H18N4O2. The van der Waals surface area contributed by atoms with Crippen LogP contribution < -0.4 is 5.32 Å². The highest BCUT2D eigenvalue weighted by molar-refractivity contribution is 5.92. The second-order valence-corrected chi connectivity index (χ2v) is 5.18. The Morgan fingerprint density at radius 1 is 1.36 bits per heavy atom. The van der Waals surface area contributed by atoms with E-state index in [2.05, 4.69) is 22.3 Å². The Morgan fingerprint density at radius 2 is 2.18 bits per heavy atom. The molecule has 0 spiro atoms. The maximum absolute atomic E-state index is 12.2. The van der Waals surface area contributed by atoms with E-state index >= 15 is 0 Å². The van der Waals surface area contributed by atoms with E-state index in [9.17, 15) is 4.79 Å². The van der Waals surface area contributed by atoms with Gasteiger partial charge in [0.2, 0.25) is 5.89 Å². The third kappa shape index (κ3) is 2.86. The Morgan fingerprint density at radius 3 is 2.95 bits per heavy atom. The SMILES string of the molecule is CCCn1ccc(C(=O)NC(C)c2nc3ccccc3o2)n1. The van der Waals surface area contributed by atoms with Gasteiger partial charge in [0.15, 0.2) is 5.58 Å². The van der Waals surface area contributed by atoms with Crippen LogP contribution in [0.3, 0.4) is 0 Å². The predicted molar refractivity (Wildman–Crippen MR) is 82.4 cm³/mol. The number of fused-ring (bicyclic) bond motifs is 1. The molecule has 1 atom stereocenters. The Labute approximate surface area is 128 Å². The highest BCUT2D eigenvalue weighted by atomic mass is 16.3. The molecule has 0 saturated heterocycles. The number of aryl methyl sites for hydroxylation is 1. The Balaban J connectivity index is 1.72. The summed E-state index contributed by atoms with van der Waals surface area (Å²) < 4.78 is 7.42. The third-order valence-electron chi connectivity index (χ3n) is 3.35. The van der Waals surface area contributed by atoms with Gasteiger partial charge in [-0.25, -0.2) is 4.98 Å². The van der Waals surface area contributed by atoms with Crippen LogP contribution >= 0.6 is 0 Å². The van der Waals surface area contributed by atoms with Gasteiger partial charge in [0.1, 0.15) is 17.3 Å². The Hall–Kier alpha value is -2.63. The largest absolute Gasteiger partial charge is 0.438 e. The van der Waals surface area contributed by atoms with Gasteiger partial charge in [-0.15, -0.1) is 0 Å². The van der Waals surface area contributed by atoms with Crippen molar-refractivity contribution in [3.05, 3.63) is 48.1 Å². The van der Waals surface area contributed by atoms with Crippen LogP contribution in [0.1, 0.15) is 42.7 Å². The maximum atomic E-state index is 12.2. The van der Waals surface area contributed by atoms with Crippen LogP contribution in [-0.4, -0.2) is 20.7 Å². The Kier molecular flexibility index (Phi) is 3.91. The monoisotopic (exact) mass is 298 g/mol. The summed E-state index contributed by atoms with van der Waals surface area (Å²) in [6, 6.07) is 8.91. The van der Waals surface area contributed by atoms with Gasteiger partial charge in [-0.2, -0.15) is 5.10 Å². The van der Waals surface area contributed by atoms with E-state index in [0.717, 1.165) is 18.5 Å². The lowest BCUT2D eigenvalue weighted by atomic mass is 10.3. The molecule has 1 amide bonds. The average molecular weight is 298 g/mol. The van der Waals surface area contributed by atoms with Crippen molar-refractivity contribution in [2.45, 2.75) is 32.9 Å². The second-order valence-electron chi connectivity index (χ2n) is 5.18. The lowest BCUT2D eigenvalue weighted by Gasteiger charge is -2.08. The van der Waals surface area contributed by atoms with Crippen molar-refractivity contribution in [1.82, 2.24) is 20.1 Å². The standard InChI is InChI=1S/C16H18N4O2/c1-3-9-20-10-8-13(19-20)15(21)17-11(2)16-18-12-6-4-5-7-14(12)22-16/h4-8,10-11H,3,9H2,1-2H3,(H,17,21). The van der Waals surface area contributed by atoms with Gasteiger partial charge in [-0.3, -0.25) is 9.48 Å². The van der Waals surface area contributed by atoms with Crippen molar-refractivity contribution < 1.29 is 9.21 Å². The molecule has 6 nitrogen and oxygen atoms in total. The number of nitrogens with one attached hydrogen (secondary N) is 1. The lowest BCUT2D eigenvalue weighted by molar-refractivity contribution is 0.0928. The number of oxazole rings is 1. The van der Waals surface area contributed by atoms with Gasteiger partial charge < -0.3 is 9.73 Å². The minimum Gasteiger partial charge on any atom is -0.438 e. The number of hydrogen-bond donors (Lipinski definition) is 1. The number of rotatable bonds is 5. The van der Waals surface area contributed by atoms with Crippen LogP contribution in [0.2, 0.25) is 0 Å². The summed E-state index contributed by atoms with van der Waals surface area (Å²) in [7, 11) is 0. The normalized spacial score (nSPS) is 12.5. The summed E-state index contributed by atoms with van der Waals surface area (Å²) in [5, 5.41) is 7.10. The van der Waals surface area contributed by atoms with E-state index in [0.29, 0.717) is 17.2 Å². The van der Waals surface area contributed by atoms with Gasteiger partial charge in [0, 0.05) is 12.7 Å². The van der Waals surface area contributed by atoms with E-state index in [1.54, 1.807) is 10.7 Å². The molecule has 0 fully saturated rings. The lowest BCUT2D eigenvalue weighted by Crippen LogP contribution is -2.27. The summed E-state index contributed by atoms with van der Waals surface area (Å²) in [5.74, 6) is 0.257. The number of hydrogen-bond acceptors (Lipinski definition) is 4. The molecule has 1 aromatic carbocycles. The number of amides is 1. The first kappa shape index (κ1) is 14.3. The fourth-order valence-corrected chi connectivity index (χ4v) is 2.24. The van der Waals surface area contributed by atoms with Crippen molar-refractivity contribution in [2.24, 2.45) is 0 Å². The first-order chi connectivity index (χ1) is 10.7. The summed E-state index contributed by atoms with van der Waals surface area (Å²) in [6.07, 6.45) is 2.78. The van der Waals surface area contributed by atoms with Crippen LogP contribution in [0.15, 0.2) is 40.9 Å². The van der Waals surface area contributed by atoms with Crippen molar-refractivity contribution in [3.63, 3.8) is 0 Å². The number of aromatic nitrogens is 3. The highest BCUT2D eigenvalue weighted by Gasteiger charge is 2.18. The van der Waals surface area contributed by atoms with E-state index in [-0.39, 0.29) is 11.9 Å². The topological polar surface area (TPSA) is 73.0 Å². The number of nitrogens with zero attached hydrogens (tertiary/aromatic N) is 3. The minimum absolute atomic E-state index is 0.232. The van der Waals surface area contributed by atoms with Crippen molar-refractivity contribution >= 4 is 17.0 Å². The van der Waals surface area contributed by atoms with Crippen LogP contribution in [0.4, 0.5) is 0 Å². The first-order valence-corrected chi connectivity index (χ1v) is 7.37. The molecule has 0 saturated carbocycles. The van der Waals surface area contributed by atoms with E-state index in [1.807, 2.05) is 37.4 Å². The van der Waals surface area contributed by atoms with E-state index in [4.69, 9.17) is 4.42 Å². The second kappa shape index (κ2) is 6.01. The highest BCUT2D eigenvalue weighted by Crippen LogP contribution is 2.19. The average Bonchev–Trinajstić information content (AvgIpc) is 3.13. The minimum atomic E-state index is -0.323. The summed E-state index contributed by atoms with van der Waals surface area (Å²) >= 11 is 0. The first-order valence-electron chi connectivity index (χ1n) is 7.37. The van der Waals surface area contributed by atoms with Gasteiger partial charge in [-0.05, 0) is 31.5 Å². The van der Waals surface area contributed by atoms with Gasteiger partial charge in [-0.1, -0.05) is 19.1 Å². The summed E-state index contributed by atoms with van der Waals surface area (Å²) in [6.45, 7) is 4.70. The number of carbonyl (C=O) groups is 1. The van der Waals surface area contributed by atoms with Crippen LogP contribution in [0, 0.1) is 0 Å². The smallest absolute Gasteiger partial charge is 0.272 e. The zero-order valence-corrected chi connectivity index (χ0v) is 12.6. The van der Waals surface area contributed by atoms with Gasteiger partial charge >= 0.3 is 0 Å². The molecule has 6 heteroatoms. The molecule has 1 unspecified atom stereocenters. The quantitative estimate of drug-likeness (QED) is 0.786. The molecule has 1 N–H and O–H groups in total. The van der Waals surface area contributed by atoms with Crippen LogP contribution in [-0.2, 0) is 6.54 Å². The van der Waals surface area contributed by atoms with Gasteiger partial charge in [0.05, 0.1) is 0 Å². The molecule has 0 radical (unpaired) electrons. The summed E-state index contributed by atoms with van der Waals surface area (Å²) in [4.78, 5) is 16.6. The molecule has 0 bridgehead atoms. The molecule has 0 aliphatic rings. The molecule has 0 aliphatic carbocycles. The molecule has 22 heavy (non-hydrogen) atoms. The van der Waals surface area contributed by atoms with Crippen LogP contribution in [0.25, 0.3) is 11.1 Å². The predicted octanol–water partition coefficient (Wildman–Crippen LogP) is 2.93. The number of benzene rings is 1. The molecule has 114 valence electrons. The molecule has 2 aromatic heterocycles. The molecule has 0 aliphatic heterocycles. The van der Waals surface area contributed by atoms with Crippen molar-refractivity contribution in [3.8, 4) is 0 Å². The maximum Gasteiger partial charge on any atom is 0.272 e. The summed E-state index contributed by atoms with van der Waals surface area (Å²) in [5.41, 5.74) is 1.90. The zero-order valence-electron chi connectivity index (χ0n) is 12.6. The van der Waals surface area contributed by atoms with Crippen LogP contribution in [0.5, 0.6) is 0 Å². The van der Waals surface area contributed by atoms with Crippen molar-refractivity contribution in [2.75, 3.05) is 0 Å². The zero-order chi connectivity index (χ0) is 15.5. The fraction of sp³-hybridized carbons (Fsp3) is 0.312. The molecular weight excluding hydrogens is 280 g/mol. The number of carbonyl (C=O) groups excluding carboxylic acids is 1. The Bertz CT molecular complexity index is 757. The van der Waals surface area contributed by atoms with Crippen molar-refractivity contribution in [1.29, 1.82) is 0 Å². The molecule has 2 heterocycles. The number of para-hydroxylation sites is 2. The van der Waals surface area contributed by atoms with E-state index in [1.165, 1.54) is 0 Å². The van der Waals surface area contributed by atoms with E-state index < -0.39 is 0 Å².